The van der Waals surface area contributed by atoms with Gasteiger partial charge in [0.25, 0.3) is 10.0 Å². The number of aryl methyl sites for hydroxylation is 2. The van der Waals surface area contributed by atoms with Gasteiger partial charge in [0.1, 0.15) is 0 Å². The number of hydrogen-bond acceptors (Lipinski definition) is 3. The van der Waals surface area contributed by atoms with Crippen LogP contribution in [0.5, 0.6) is 0 Å². The molecular weight excluding hydrogens is 324 g/mol. The molecular formula is C18H22N2O3S. The van der Waals surface area contributed by atoms with Crippen molar-refractivity contribution in [3.8, 4) is 0 Å². The van der Waals surface area contributed by atoms with E-state index in [1.807, 2.05) is 6.92 Å². The molecule has 0 fully saturated rings. The second-order valence-corrected chi connectivity index (χ2v) is 7.77. The summed E-state index contributed by atoms with van der Waals surface area (Å²) < 4.78 is 27.6. The van der Waals surface area contributed by atoms with Crippen LogP contribution in [0.15, 0.2) is 47.4 Å². The van der Waals surface area contributed by atoms with Crippen LogP contribution in [0, 0.1) is 19.8 Å². The number of amides is 1. The Bertz CT molecular complexity index is 841. The van der Waals surface area contributed by atoms with Gasteiger partial charge in [-0.05, 0) is 43.7 Å². The summed E-state index contributed by atoms with van der Waals surface area (Å²) in [6, 6.07) is 11.8. The van der Waals surface area contributed by atoms with Gasteiger partial charge in [0.05, 0.1) is 10.6 Å². The molecule has 0 bridgehead atoms. The summed E-state index contributed by atoms with van der Waals surface area (Å²) in [7, 11) is -3.68. The molecule has 2 aromatic rings. The Balaban J connectivity index is 2.28. The van der Waals surface area contributed by atoms with Gasteiger partial charge in [0.15, 0.2) is 0 Å². The minimum absolute atomic E-state index is 0.119. The van der Waals surface area contributed by atoms with E-state index in [1.54, 1.807) is 63.2 Å². The maximum Gasteiger partial charge on any atom is 0.261 e. The van der Waals surface area contributed by atoms with Gasteiger partial charge in [-0.25, -0.2) is 8.42 Å². The Morgan fingerprint density at radius 2 is 1.62 bits per heavy atom. The molecule has 0 spiro atoms. The molecule has 5 nitrogen and oxygen atoms in total. The van der Waals surface area contributed by atoms with E-state index >= 15 is 0 Å². The fraction of sp³-hybridized carbons (Fsp3) is 0.278. The average molecular weight is 346 g/mol. The number of sulfonamides is 1. The molecule has 0 aliphatic carbocycles. The van der Waals surface area contributed by atoms with Crippen molar-refractivity contribution in [1.29, 1.82) is 0 Å². The van der Waals surface area contributed by atoms with Gasteiger partial charge in [-0.1, -0.05) is 37.6 Å². The zero-order chi connectivity index (χ0) is 17.9. The number of carbonyl (C=O) groups excluding carboxylic acids is 1. The lowest BCUT2D eigenvalue weighted by molar-refractivity contribution is -0.118. The third kappa shape index (κ3) is 4.35. The van der Waals surface area contributed by atoms with Crippen molar-refractivity contribution in [3.63, 3.8) is 0 Å². The second kappa shape index (κ2) is 7.05. The van der Waals surface area contributed by atoms with Crippen LogP contribution in [0.3, 0.4) is 0 Å². The predicted molar refractivity (Wildman–Crippen MR) is 96.6 cm³/mol. The summed E-state index contributed by atoms with van der Waals surface area (Å²) in [5.41, 5.74) is 2.76. The highest BCUT2D eigenvalue weighted by Gasteiger charge is 2.16. The van der Waals surface area contributed by atoms with Crippen LogP contribution in [-0.4, -0.2) is 14.3 Å². The molecule has 0 saturated carbocycles. The summed E-state index contributed by atoms with van der Waals surface area (Å²) in [4.78, 5) is 12.0. The molecule has 1 amide bonds. The maximum atomic E-state index is 12.5. The van der Waals surface area contributed by atoms with E-state index in [2.05, 4.69) is 10.0 Å². The van der Waals surface area contributed by atoms with E-state index in [0.717, 1.165) is 11.1 Å². The molecule has 2 aromatic carbocycles. The largest absolute Gasteiger partial charge is 0.326 e. The van der Waals surface area contributed by atoms with Crippen LogP contribution in [0.4, 0.5) is 11.4 Å². The number of nitrogens with one attached hydrogen (secondary N) is 2. The van der Waals surface area contributed by atoms with Crippen LogP contribution in [0.2, 0.25) is 0 Å². The standard InChI is InChI=1S/C18H22N2O3S/c1-12(2)18(21)19-15-8-7-14(4)17(11-15)20-24(22,23)16-9-5-13(3)6-10-16/h5-12,20H,1-4H3,(H,19,21). The van der Waals surface area contributed by atoms with Gasteiger partial charge < -0.3 is 5.32 Å². The molecule has 0 aromatic heterocycles. The summed E-state index contributed by atoms with van der Waals surface area (Å²) in [6.07, 6.45) is 0. The second-order valence-electron chi connectivity index (χ2n) is 6.09. The molecule has 0 aliphatic rings. The van der Waals surface area contributed by atoms with Crippen molar-refractivity contribution in [2.45, 2.75) is 32.6 Å². The van der Waals surface area contributed by atoms with Crippen molar-refractivity contribution in [1.82, 2.24) is 0 Å². The van der Waals surface area contributed by atoms with Gasteiger partial charge in [-0.2, -0.15) is 0 Å². The monoisotopic (exact) mass is 346 g/mol. The maximum absolute atomic E-state index is 12.5. The Morgan fingerprint density at radius 3 is 2.21 bits per heavy atom. The zero-order valence-corrected chi connectivity index (χ0v) is 15.1. The summed E-state index contributed by atoms with van der Waals surface area (Å²) >= 11 is 0. The van der Waals surface area contributed by atoms with E-state index in [4.69, 9.17) is 0 Å². The molecule has 0 saturated heterocycles. The van der Waals surface area contributed by atoms with E-state index < -0.39 is 10.0 Å². The first-order valence-corrected chi connectivity index (χ1v) is 9.18. The van der Waals surface area contributed by atoms with E-state index in [-0.39, 0.29) is 16.7 Å². The van der Waals surface area contributed by atoms with Crippen molar-refractivity contribution in [2.24, 2.45) is 5.92 Å². The minimum atomic E-state index is -3.68. The summed E-state index contributed by atoms with van der Waals surface area (Å²) in [5.74, 6) is -0.273. The zero-order valence-electron chi connectivity index (χ0n) is 14.3. The molecule has 2 rings (SSSR count). The first-order valence-electron chi connectivity index (χ1n) is 7.70. The predicted octanol–water partition coefficient (Wildman–Crippen LogP) is 3.70. The Morgan fingerprint density at radius 1 is 1.00 bits per heavy atom. The molecule has 128 valence electrons. The van der Waals surface area contributed by atoms with Crippen molar-refractivity contribution < 1.29 is 13.2 Å². The highest BCUT2D eigenvalue weighted by atomic mass is 32.2. The minimum Gasteiger partial charge on any atom is -0.326 e. The highest BCUT2D eigenvalue weighted by Crippen LogP contribution is 2.24. The lowest BCUT2D eigenvalue weighted by Gasteiger charge is -2.14. The third-order valence-electron chi connectivity index (χ3n) is 3.61. The molecule has 0 atom stereocenters. The number of anilines is 2. The number of carbonyl (C=O) groups is 1. The first-order chi connectivity index (χ1) is 11.2. The molecule has 0 radical (unpaired) electrons. The number of hydrogen-bond donors (Lipinski definition) is 2. The quantitative estimate of drug-likeness (QED) is 0.867. The number of benzene rings is 2. The van der Waals surface area contributed by atoms with Crippen molar-refractivity contribution in [3.05, 3.63) is 53.6 Å². The van der Waals surface area contributed by atoms with Crippen LogP contribution in [-0.2, 0) is 14.8 Å². The lowest BCUT2D eigenvalue weighted by atomic mass is 10.1. The third-order valence-corrected chi connectivity index (χ3v) is 4.99. The topological polar surface area (TPSA) is 75.3 Å². The highest BCUT2D eigenvalue weighted by molar-refractivity contribution is 7.92. The molecule has 2 N–H and O–H groups in total. The average Bonchev–Trinajstić information content (AvgIpc) is 2.50. The fourth-order valence-electron chi connectivity index (χ4n) is 2.02. The normalized spacial score (nSPS) is 11.4. The van der Waals surface area contributed by atoms with Crippen molar-refractivity contribution >= 4 is 27.3 Å². The van der Waals surface area contributed by atoms with E-state index in [0.29, 0.717) is 11.4 Å². The lowest BCUT2D eigenvalue weighted by Crippen LogP contribution is -2.18. The van der Waals surface area contributed by atoms with Crippen LogP contribution in [0.25, 0.3) is 0 Å². The van der Waals surface area contributed by atoms with Gasteiger partial charge in [0.2, 0.25) is 5.91 Å². The smallest absolute Gasteiger partial charge is 0.261 e. The van der Waals surface area contributed by atoms with Crippen LogP contribution >= 0.6 is 0 Å². The van der Waals surface area contributed by atoms with Gasteiger partial charge in [-0.3, -0.25) is 9.52 Å². The Labute approximate surface area is 143 Å². The van der Waals surface area contributed by atoms with E-state index in [9.17, 15) is 13.2 Å². The Kier molecular flexibility index (Phi) is 5.29. The summed E-state index contributed by atoms with van der Waals surface area (Å²) in [6.45, 7) is 7.30. The summed E-state index contributed by atoms with van der Waals surface area (Å²) in [5, 5.41) is 2.77. The van der Waals surface area contributed by atoms with Crippen LogP contribution in [0.1, 0.15) is 25.0 Å². The van der Waals surface area contributed by atoms with Gasteiger partial charge in [-0.15, -0.1) is 0 Å². The van der Waals surface area contributed by atoms with Crippen molar-refractivity contribution in [2.75, 3.05) is 10.0 Å². The molecule has 6 heteroatoms. The SMILES string of the molecule is Cc1ccc(S(=O)(=O)Nc2cc(NC(=O)C(C)C)ccc2C)cc1. The van der Waals surface area contributed by atoms with Gasteiger partial charge >= 0.3 is 0 Å². The fourth-order valence-corrected chi connectivity index (χ4v) is 3.14. The van der Waals surface area contributed by atoms with Gasteiger partial charge in [0, 0.05) is 11.6 Å². The van der Waals surface area contributed by atoms with E-state index in [1.165, 1.54) is 0 Å². The first kappa shape index (κ1) is 18.0. The molecule has 0 aliphatic heterocycles. The Hall–Kier alpha value is -2.34. The molecule has 24 heavy (non-hydrogen) atoms. The van der Waals surface area contributed by atoms with Crippen LogP contribution < -0.4 is 10.0 Å². The number of rotatable bonds is 5. The molecule has 0 unspecified atom stereocenters. The molecule has 0 heterocycles.